The molecule has 3 rings (SSSR count). The van der Waals surface area contributed by atoms with Crippen LogP contribution in [0.4, 0.5) is 5.69 Å². The lowest BCUT2D eigenvalue weighted by Crippen LogP contribution is -1.97. The van der Waals surface area contributed by atoms with Crippen LogP contribution in [0.1, 0.15) is 5.56 Å². The summed E-state index contributed by atoms with van der Waals surface area (Å²) in [5.74, 6) is 0. The third-order valence-electron chi connectivity index (χ3n) is 3.13. The van der Waals surface area contributed by atoms with Crippen LogP contribution in [0.15, 0.2) is 48.9 Å². The molecule has 3 aromatic rings. The van der Waals surface area contributed by atoms with Gasteiger partial charge in [-0.2, -0.15) is 0 Å². The quantitative estimate of drug-likeness (QED) is 0.704. The lowest BCUT2D eigenvalue weighted by molar-refractivity contribution is 1.27. The Bertz CT molecular complexity index is 715. The molecule has 88 valence electrons. The van der Waals surface area contributed by atoms with Gasteiger partial charge in [-0.15, -0.1) is 0 Å². The molecule has 0 aliphatic heterocycles. The molecule has 0 spiro atoms. The molecule has 0 aliphatic carbocycles. The van der Waals surface area contributed by atoms with Crippen LogP contribution in [0.2, 0.25) is 0 Å². The first-order valence-corrected chi connectivity index (χ1v) is 5.81. The number of pyridine rings is 2. The molecule has 0 saturated carbocycles. The number of aryl methyl sites for hydroxylation is 1. The van der Waals surface area contributed by atoms with Crippen molar-refractivity contribution < 1.29 is 0 Å². The Morgan fingerprint density at radius 3 is 2.78 bits per heavy atom. The van der Waals surface area contributed by atoms with E-state index in [0.29, 0.717) is 0 Å². The van der Waals surface area contributed by atoms with Gasteiger partial charge in [0.2, 0.25) is 0 Å². The van der Waals surface area contributed by atoms with Gasteiger partial charge in [0.1, 0.15) is 0 Å². The number of fused-ring (bicyclic) bond motifs is 1. The van der Waals surface area contributed by atoms with E-state index in [1.165, 1.54) is 0 Å². The Labute approximate surface area is 105 Å². The van der Waals surface area contributed by atoms with Crippen molar-refractivity contribution >= 4 is 16.5 Å². The van der Waals surface area contributed by atoms with E-state index >= 15 is 0 Å². The van der Waals surface area contributed by atoms with Crippen LogP contribution in [-0.4, -0.2) is 9.97 Å². The van der Waals surface area contributed by atoms with Crippen LogP contribution in [0.25, 0.3) is 22.0 Å². The molecule has 0 fully saturated rings. The molecule has 0 amide bonds. The maximum Gasteiger partial charge on any atom is 0.0955 e. The number of nitrogens with zero attached hydrogens (tertiary/aromatic N) is 2. The topological polar surface area (TPSA) is 51.8 Å². The highest BCUT2D eigenvalue weighted by atomic mass is 14.7. The molecule has 0 bridgehead atoms. The minimum Gasteiger partial charge on any atom is -0.397 e. The summed E-state index contributed by atoms with van der Waals surface area (Å²) < 4.78 is 0. The molecule has 2 heterocycles. The van der Waals surface area contributed by atoms with Crippen molar-refractivity contribution in [3.8, 4) is 11.3 Å². The lowest BCUT2D eigenvalue weighted by atomic mass is 10.0. The van der Waals surface area contributed by atoms with E-state index in [1.54, 1.807) is 6.20 Å². The number of nitrogen functional groups attached to an aromatic ring is 1. The molecular weight excluding hydrogens is 222 g/mol. The highest BCUT2D eigenvalue weighted by molar-refractivity contribution is 5.97. The Balaban J connectivity index is 2.35. The molecule has 18 heavy (non-hydrogen) atoms. The Kier molecular flexibility index (Phi) is 2.45. The average Bonchev–Trinajstić information content (AvgIpc) is 2.41. The first kappa shape index (κ1) is 10.7. The van der Waals surface area contributed by atoms with E-state index in [1.807, 2.05) is 43.6 Å². The van der Waals surface area contributed by atoms with Crippen LogP contribution in [0, 0.1) is 6.92 Å². The van der Waals surface area contributed by atoms with E-state index in [4.69, 9.17) is 5.73 Å². The minimum atomic E-state index is 0.718. The molecule has 3 nitrogen and oxygen atoms in total. The summed E-state index contributed by atoms with van der Waals surface area (Å²) in [5.41, 5.74) is 9.65. The fraction of sp³-hybridized carbons (Fsp3) is 0.0667. The van der Waals surface area contributed by atoms with Gasteiger partial charge in [-0.05, 0) is 23.9 Å². The number of benzene rings is 1. The summed E-state index contributed by atoms with van der Waals surface area (Å²) in [7, 11) is 0. The van der Waals surface area contributed by atoms with Gasteiger partial charge in [0.25, 0.3) is 0 Å². The second-order valence-electron chi connectivity index (χ2n) is 4.30. The SMILES string of the molecule is Cc1ccnc(-c2cncc3ccccc23)c1N. The van der Waals surface area contributed by atoms with Crippen molar-refractivity contribution in [1.82, 2.24) is 9.97 Å². The summed E-state index contributed by atoms with van der Waals surface area (Å²) in [4.78, 5) is 8.66. The molecule has 0 radical (unpaired) electrons. The highest BCUT2D eigenvalue weighted by Gasteiger charge is 2.09. The molecule has 0 aliphatic rings. The summed E-state index contributed by atoms with van der Waals surface area (Å²) in [6.07, 6.45) is 5.45. The van der Waals surface area contributed by atoms with E-state index in [2.05, 4.69) is 16.0 Å². The third kappa shape index (κ3) is 1.61. The van der Waals surface area contributed by atoms with Crippen molar-refractivity contribution in [3.05, 3.63) is 54.5 Å². The summed E-state index contributed by atoms with van der Waals surface area (Å²) in [5, 5.41) is 2.22. The minimum absolute atomic E-state index is 0.718. The predicted molar refractivity (Wildman–Crippen MR) is 74.1 cm³/mol. The average molecular weight is 235 g/mol. The van der Waals surface area contributed by atoms with Gasteiger partial charge in [0, 0.05) is 29.5 Å². The second kappa shape index (κ2) is 4.11. The first-order chi connectivity index (χ1) is 8.77. The Hall–Kier alpha value is -2.42. The van der Waals surface area contributed by atoms with Crippen molar-refractivity contribution in [2.24, 2.45) is 0 Å². The van der Waals surface area contributed by atoms with Crippen LogP contribution in [0.3, 0.4) is 0 Å². The van der Waals surface area contributed by atoms with Crippen molar-refractivity contribution in [2.75, 3.05) is 5.73 Å². The van der Waals surface area contributed by atoms with Gasteiger partial charge in [0.05, 0.1) is 11.4 Å². The number of hydrogen-bond acceptors (Lipinski definition) is 3. The first-order valence-electron chi connectivity index (χ1n) is 5.81. The fourth-order valence-corrected chi connectivity index (χ4v) is 2.09. The molecule has 2 aromatic heterocycles. The van der Waals surface area contributed by atoms with Crippen LogP contribution >= 0.6 is 0 Å². The molecule has 0 saturated heterocycles. The molecule has 1 aromatic carbocycles. The number of rotatable bonds is 1. The van der Waals surface area contributed by atoms with Crippen molar-refractivity contribution in [1.29, 1.82) is 0 Å². The van der Waals surface area contributed by atoms with E-state index < -0.39 is 0 Å². The van der Waals surface area contributed by atoms with E-state index in [0.717, 1.165) is 33.3 Å². The van der Waals surface area contributed by atoms with Crippen LogP contribution in [-0.2, 0) is 0 Å². The van der Waals surface area contributed by atoms with Gasteiger partial charge in [0.15, 0.2) is 0 Å². The number of aromatic nitrogens is 2. The van der Waals surface area contributed by atoms with Crippen LogP contribution < -0.4 is 5.73 Å². The normalized spacial score (nSPS) is 10.7. The number of hydrogen-bond donors (Lipinski definition) is 1. The number of anilines is 1. The van der Waals surface area contributed by atoms with E-state index in [9.17, 15) is 0 Å². The fourth-order valence-electron chi connectivity index (χ4n) is 2.09. The maximum atomic E-state index is 6.12. The van der Waals surface area contributed by atoms with Gasteiger partial charge >= 0.3 is 0 Å². The van der Waals surface area contributed by atoms with Crippen LogP contribution in [0.5, 0.6) is 0 Å². The summed E-state index contributed by atoms with van der Waals surface area (Å²) in [6, 6.07) is 10.0. The zero-order chi connectivity index (χ0) is 12.5. The summed E-state index contributed by atoms with van der Waals surface area (Å²) in [6.45, 7) is 1.99. The maximum absolute atomic E-state index is 6.12. The largest absolute Gasteiger partial charge is 0.397 e. The van der Waals surface area contributed by atoms with Crippen molar-refractivity contribution in [3.63, 3.8) is 0 Å². The molecule has 0 unspecified atom stereocenters. The van der Waals surface area contributed by atoms with Gasteiger partial charge in [-0.3, -0.25) is 9.97 Å². The molecule has 0 atom stereocenters. The Morgan fingerprint density at radius 1 is 1.06 bits per heavy atom. The van der Waals surface area contributed by atoms with E-state index in [-0.39, 0.29) is 0 Å². The standard InChI is InChI=1S/C15H13N3/c1-10-6-7-18-15(14(10)16)13-9-17-8-11-4-2-3-5-12(11)13/h2-9H,16H2,1H3. The number of nitrogens with two attached hydrogens (primary N) is 1. The highest BCUT2D eigenvalue weighted by Crippen LogP contribution is 2.30. The predicted octanol–water partition coefficient (Wildman–Crippen LogP) is 3.19. The van der Waals surface area contributed by atoms with Gasteiger partial charge < -0.3 is 5.73 Å². The molecule has 3 heteroatoms. The monoisotopic (exact) mass is 235 g/mol. The smallest absolute Gasteiger partial charge is 0.0955 e. The zero-order valence-electron chi connectivity index (χ0n) is 10.1. The van der Waals surface area contributed by atoms with Gasteiger partial charge in [-0.25, -0.2) is 0 Å². The van der Waals surface area contributed by atoms with Crippen molar-refractivity contribution in [2.45, 2.75) is 6.92 Å². The zero-order valence-corrected chi connectivity index (χ0v) is 10.1. The molecule has 2 N–H and O–H groups in total. The van der Waals surface area contributed by atoms with Gasteiger partial charge in [-0.1, -0.05) is 24.3 Å². The molecular formula is C15H13N3. The summed E-state index contributed by atoms with van der Waals surface area (Å²) >= 11 is 0. The lowest BCUT2D eigenvalue weighted by Gasteiger charge is -2.09. The Morgan fingerprint density at radius 2 is 1.89 bits per heavy atom. The third-order valence-corrected chi connectivity index (χ3v) is 3.13. The second-order valence-corrected chi connectivity index (χ2v) is 4.30.